The molecule has 0 amide bonds. The van der Waals surface area contributed by atoms with Crippen molar-refractivity contribution in [2.24, 2.45) is 5.92 Å². The van der Waals surface area contributed by atoms with Crippen molar-refractivity contribution in [3.63, 3.8) is 0 Å². The maximum atomic E-state index is 12.2. The standard InChI is InChI=1S/C15H19NO.ClH/c1-16(2)11-14-9-8-13(15(14)17)10-12-6-4-3-5-7-12;/h3-7,10,14H,8-9,11H2,1-2H3;1H. The largest absolute Gasteiger partial charge is 0.309 e. The number of carbonyl (C=O) groups is 1. The molecule has 0 N–H and O–H groups in total. The first kappa shape index (κ1) is 14.9. The molecule has 18 heavy (non-hydrogen) atoms. The molecule has 2 rings (SSSR count). The molecule has 0 saturated heterocycles. The second-order valence-electron chi connectivity index (χ2n) is 4.94. The van der Waals surface area contributed by atoms with Crippen LogP contribution in [0.5, 0.6) is 0 Å². The van der Waals surface area contributed by atoms with Crippen molar-refractivity contribution in [3.05, 3.63) is 41.5 Å². The predicted molar refractivity (Wildman–Crippen MR) is 78.0 cm³/mol. The molecule has 1 aliphatic rings. The molecule has 98 valence electrons. The third-order valence-corrected chi connectivity index (χ3v) is 3.18. The lowest BCUT2D eigenvalue weighted by atomic mass is 10.0. The average Bonchev–Trinajstić information content (AvgIpc) is 2.62. The SMILES string of the molecule is CN(C)CC1CCC(=Cc2ccccc2)C1=O.Cl. The Balaban J connectivity index is 0.00000162. The van der Waals surface area contributed by atoms with E-state index < -0.39 is 0 Å². The lowest BCUT2D eigenvalue weighted by Crippen LogP contribution is -2.24. The molecule has 1 atom stereocenters. The van der Waals surface area contributed by atoms with E-state index in [1.54, 1.807) is 0 Å². The van der Waals surface area contributed by atoms with Gasteiger partial charge in [-0.25, -0.2) is 0 Å². The van der Waals surface area contributed by atoms with Crippen molar-refractivity contribution in [1.29, 1.82) is 0 Å². The molecule has 3 heteroatoms. The van der Waals surface area contributed by atoms with Crippen LogP contribution >= 0.6 is 12.4 Å². The molecule has 0 aliphatic heterocycles. The first-order chi connectivity index (χ1) is 8.16. The van der Waals surface area contributed by atoms with Gasteiger partial charge < -0.3 is 4.90 Å². The molecular formula is C15H20ClNO. The van der Waals surface area contributed by atoms with Crippen molar-refractivity contribution in [2.75, 3.05) is 20.6 Å². The summed E-state index contributed by atoms with van der Waals surface area (Å²) in [6, 6.07) is 10.1. The minimum absolute atomic E-state index is 0. The van der Waals surface area contributed by atoms with Crippen LogP contribution in [0.3, 0.4) is 0 Å². The normalized spacial score (nSPS) is 21.4. The fourth-order valence-electron chi connectivity index (χ4n) is 2.35. The van der Waals surface area contributed by atoms with Crippen molar-refractivity contribution in [3.8, 4) is 0 Å². The monoisotopic (exact) mass is 265 g/mol. The first-order valence-corrected chi connectivity index (χ1v) is 6.11. The van der Waals surface area contributed by atoms with E-state index in [4.69, 9.17) is 0 Å². The third-order valence-electron chi connectivity index (χ3n) is 3.18. The highest BCUT2D eigenvalue weighted by molar-refractivity contribution is 6.03. The van der Waals surface area contributed by atoms with E-state index in [0.29, 0.717) is 5.78 Å². The second kappa shape index (κ2) is 6.72. The predicted octanol–water partition coefficient (Wildman–Crippen LogP) is 3.03. The van der Waals surface area contributed by atoms with Gasteiger partial charge in [-0.2, -0.15) is 0 Å². The molecule has 0 aromatic heterocycles. The molecule has 0 spiro atoms. The van der Waals surface area contributed by atoms with E-state index in [-0.39, 0.29) is 18.3 Å². The molecule has 0 heterocycles. The highest BCUT2D eigenvalue weighted by Gasteiger charge is 2.29. The van der Waals surface area contributed by atoms with Crippen LogP contribution in [0.15, 0.2) is 35.9 Å². The van der Waals surface area contributed by atoms with Gasteiger partial charge in [0.05, 0.1) is 0 Å². The number of hydrogen-bond donors (Lipinski definition) is 0. The number of carbonyl (C=O) groups excluding carboxylic acids is 1. The molecule has 1 fully saturated rings. The Bertz CT molecular complexity index is 425. The highest BCUT2D eigenvalue weighted by atomic mass is 35.5. The van der Waals surface area contributed by atoms with E-state index in [2.05, 4.69) is 4.90 Å². The summed E-state index contributed by atoms with van der Waals surface area (Å²) in [6.07, 6.45) is 3.96. The van der Waals surface area contributed by atoms with Crippen molar-refractivity contribution in [2.45, 2.75) is 12.8 Å². The van der Waals surface area contributed by atoms with Crippen LogP contribution in [-0.2, 0) is 4.79 Å². The zero-order chi connectivity index (χ0) is 12.3. The van der Waals surface area contributed by atoms with Crippen LogP contribution in [0.1, 0.15) is 18.4 Å². The van der Waals surface area contributed by atoms with E-state index in [9.17, 15) is 4.79 Å². The van der Waals surface area contributed by atoms with Gasteiger partial charge in [-0.3, -0.25) is 4.79 Å². The van der Waals surface area contributed by atoms with Gasteiger partial charge in [-0.05, 0) is 44.1 Å². The Morgan fingerprint density at radius 2 is 1.94 bits per heavy atom. The molecular weight excluding hydrogens is 246 g/mol. The average molecular weight is 266 g/mol. The van der Waals surface area contributed by atoms with Crippen LogP contribution in [0.4, 0.5) is 0 Å². The molecule has 1 unspecified atom stereocenters. The van der Waals surface area contributed by atoms with E-state index in [1.165, 1.54) is 0 Å². The number of benzene rings is 1. The minimum atomic E-state index is 0. The number of hydrogen-bond acceptors (Lipinski definition) is 2. The van der Waals surface area contributed by atoms with Crippen LogP contribution in [0.25, 0.3) is 6.08 Å². The van der Waals surface area contributed by atoms with Gasteiger partial charge in [-0.15, -0.1) is 12.4 Å². The van der Waals surface area contributed by atoms with Crippen LogP contribution < -0.4 is 0 Å². The molecule has 0 bridgehead atoms. The summed E-state index contributed by atoms with van der Waals surface area (Å²) in [4.78, 5) is 14.2. The van der Waals surface area contributed by atoms with Gasteiger partial charge in [0.2, 0.25) is 0 Å². The van der Waals surface area contributed by atoms with Crippen LogP contribution in [0, 0.1) is 5.92 Å². The van der Waals surface area contributed by atoms with Gasteiger partial charge in [0, 0.05) is 12.5 Å². The summed E-state index contributed by atoms with van der Waals surface area (Å²) in [5.74, 6) is 0.530. The summed E-state index contributed by atoms with van der Waals surface area (Å²) in [6.45, 7) is 0.866. The number of halogens is 1. The number of nitrogens with zero attached hydrogens (tertiary/aromatic N) is 1. The number of ketones is 1. The van der Waals surface area contributed by atoms with Gasteiger partial charge in [0.25, 0.3) is 0 Å². The zero-order valence-electron chi connectivity index (χ0n) is 10.9. The Morgan fingerprint density at radius 1 is 1.28 bits per heavy atom. The lowest BCUT2D eigenvalue weighted by molar-refractivity contribution is -0.118. The Morgan fingerprint density at radius 3 is 2.56 bits per heavy atom. The van der Waals surface area contributed by atoms with Gasteiger partial charge in [0.15, 0.2) is 5.78 Å². The number of rotatable bonds is 3. The van der Waals surface area contributed by atoms with Crippen molar-refractivity contribution < 1.29 is 4.79 Å². The van der Waals surface area contributed by atoms with E-state index in [1.807, 2.05) is 50.5 Å². The summed E-state index contributed by atoms with van der Waals surface area (Å²) in [7, 11) is 4.04. The molecule has 1 aliphatic carbocycles. The smallest absolute Gasteiger partial charge is 0.163 e. The van der Waals surface area contributed by atoms with E-state index in [0.717, 1.165) is 30.5 Å². The lowest BCUT2D eigenvalue weighted by Gasteiger charge is -2.13. The Labute approximate surface area is 115 Å². The second-order valence-corrected chi connectivity index (χ2v) is 4.94. The first-order valence-electron chi connectivity index (χ1n) is 6.11. The van der Waals surface area contributed by atoms with E-state index >= 15 is 0 Å². The topological polar surface area (TPSA) is 20.3 Å². The molecule has 1 saturated carbocycles. The van der Waals surface area contributed by atoms with Gasteiger partial charge >= 0.3 is 0 Å². The Hall–Kier alpha value is -1.12. The fraction of sp³-hybridized carbons (Fsp3) is 0.400. The Kier molecular flexibility index (Phi) is 5.57. The number of allylic oxidation sites excluding steroid dienone is 1. The molecule has 2 nitrogen and oxygen atoms in total. The maximum Gasteiger partial charge on any atom is 0.163 e. The summed E-state index contributed by atoms with van der Waals surface area (Å²) in [5, 5.41) is 0. The summed E-state index contributed by atoms with van der Waals surface area (Å²) < 4.78 is 0. The van der Waals surface area contributed by atoms with Crippen molar-refractivity contribution in [1.82, 2.24) is 4.90 Å². The van der Waals surface area contributed by atoms with Crippen molar-refractivity contribution >= 4 is 24.3 Å². The fourth-order valence-corrected chi connectivity index (χ4v) is 2.35. The van der Waals surface area contributed by atoms with Crippen LogP contribution in [-0.4, -0.2) is 31.3 Å². The molecule has 1 aromatic rings. The van der Waals surface area contributed by atoms with Gasteiger partial charge in [0.1, 0.15) is 0 Å². The summed E-state index contributed by atoms with van der Waals surface area (Å²) in [5.41, 5.74) is 2.12. The zero-order valence-corrected chi connectivity index (χ0v) is 11.7. The maximum absolute atomic E-state index is 12.2. The quantitative estimate of drug-likeness (QED) is 0.783. The third kappa shape index (κ3) is 3.69. The molecule has 0 radical (unpaired) electrons. The minimum Gasteiger partial charge on any atom is -0.309 e. The van der Waals surface area contributed by atoms with Crippen LogP contribution in [0.2, 0.25) is 0 Å². The molecule has 1 aromatic carbocycles. The highest BCUT2D eigenvalue weighted by Crippen LogP contribution is 2.28. The van der Waals surface area contributed by atoms with Gasteiger partial charge in [-0.1, -0.05) is 30.3 Å². The summed E-state index contributed by atoms with van der Waals surface area (Å²) >= 11 is 0. The number of Topliss-reactive ketones (excluding diaryl/α,β-unsaturated/α-hetero) is 1.